The number of benzene rings is 2. The van der Waals surface area contributed by atoms with Gasteiger partial charge in [-0.2, -0.15) is 0 Å². The predicted octanol–water partition coefficient (Wildman–Crippen LogP) is 3.82. The third-order valence-electron chi connectivity index (χ3n) is 6.42. The summed E-state index contributed by atoms with van der Waals surface area (Å²) in [5.41, 5.74) is 5.52. The summed E-state index contributed by atoms with van der Waals surface area (Å²) in [6.07, 6.45) is 2.96. The Morgan fingerprint density at radius 2 is 1.53 bits per heavy atom. The molecule has 0 bridgehead atoms. The van der Waals surface area contributed by atoms with Crippen LogP contribution in [0.2, 0.25) is 0 Å². The van der Waals surface area contributed by atoms with Crippen molar-refractivity contribution in [3.63, 3.8) is 0 Å². The van der Waals surface area contributed by atoms with Crippen LogP contribution >= 0.6 is 0 Å². The normalized spacial score (nSPS) is 21.8. The molecule has 2 aliphatic heterocycles. The standard InChI is InChI=1S/C25H31N3O2/c1-18-14-19(2)16-24(15-18)26-10-12-27(13-11-26)25(30)21-5-8-22(9-6-21)28-20(3)4-7-23(28)17-29/h5-6,8-9,14-17,20,23H,4,7,10-13H2,1-3H3. The molecule has 2 atom stereocenters. The Morgan fingerprint density at radius 3 is 2.13 bits per heavy atom. The number of nitrogens with zero attached hydrogens (tertiary/aromatic N) is 3. The van der Waals surface area contributed by atoms with Crippen LogP contribution in [-0.2, 0) is 4.79 Å². The Hall–Kier alpha value is -2.82. The molecule has 0 N–H and O–H groups in total. The molecular weight excluding hydrogens is 374 g/mol. The highest BCUT2D eigenvalue weighted by atomic mass is 16.2. The Kier molecular flexibility index (Phi) is 5.80. The van der Waals surface area contributed by atoms with E-state index in [2.05, 4.69) is 48.8 Å². The molecule has 0 aliphatic carbocycles. The first-order valence-electron chi connectivity index (χ1n) is 10.9. The Bertz CT molecular complexity index is 896. The minimum Gasteiger partial charge on any atom is -0.368 e. The maximum Gasteiger partial charge on any atom is 0.253 e. The van der Waals surface area contributed by atoms with Crippen molar-refractivity contribution in [3.05, 3.63) is 59.2 Å². The van der Waals surface area contributed by atoms with Crippen molar-refractivity contribution >= 4 is 23.6 Å². The van der Waals surface area contributed by atoms with E-state index >= 15 is 0 Å². The van der Waals surface area contributed by atoms with Crippen molar-refractivity contribution in [2.24, 2.45) is 0 Å². The maximum atomic E-state index is 13.0. The van der Waals surface area contributed by atoms with Gasteiger partial charge in [-0.25, -0.2) is 0 Å². The zero-order valence-electron chi connectivity index (χ0n) is 18.2. The van der Waals surface area contributed by atoms with Crippen LogP contribution < -0.4 is 9.80 Å². The summed E-state index contributed by atoms with van der Waals surface area (Å²) in [7, 11) is 0. The van der Waals surface area contributed by atoms with E-state index < -0.39 is 0 Å². The van der Waals surface area contributed by atoms with Crippen LogP contribution in [0.15, 0.2) is 42.5 Å². The van der Waals surface area contributed by atoms with Crippen LogP contribution in [0.1, 0.15) is 41.3 Å². The lowest BCUT2D eigenvalue weighted by molar-refractivity contribution is -0.108. The third kappa shape index (κ3) is 4.07. The van der Waals surface area contributed by atoms with Crippen LogP contribution in [0, 0.1) is 13.8 Å². The van der Waals surface area contributed by atoms with E-state index in [9.17, 15) is 9.59 Å². The number of hydrogen-bond acceptors (Lipinski definition) is 4. The van der Waals surface area contributed by atoms with E-state index in [-0.39, 0.29) is 11.9 Å². The van der Waals surface area contributed by atoms with Crippen LogP contribution in [0.25, 0.3) is 0 Å². The van der Waals surface area contributed by atoms with Gasteiger partial charge in [-0.1, -0.05) is 6.07 Å². The smallest absolute Gasteiger partial charge is 0.253 e. The number of aldehydes is 1. The van der Waals surface area contributed by atoms with Crippen molar-refractivity contribution in [2.75, 3.05) is 36.0 Å². The number of aryl methyl sites for hydroxylation is 2. The third-order valence-corrected chi connectivity index (χ3v) is 6.42. The predicted molar refractivity (Wildman–Crippen MR) is 122 cm³/mol. The van der Waals surface area contributed by atoms with Gasteiger partial charge >= 0.3 is 0 Å². The molecule has 5 nitrogen and oxygen atoms in total. The molecule has 158 valence electrons. The number of hydrogen-bond donors (Lipinski definition) is 0. The number of amides is 1. The molecule has 0 spiro atoms. The van der Waals surface area contributed by atoms with E-state index in [0.717, 1.165) is 51.0 Å². The number of carbonyl (C=O) groups is 2. The molecule has 2 saturated heterocycles. The van der Waals surface area contributed by atoms with E-state index in [1.54, 1.807) is 0 Å². The molecule has 2 unspecified atom stereocenters. The highest BCUT2D eigenvalue weighted by Gasteiger charge is 2.30. The summed E-state index contributed by atoms with van der Waals surface area (Å²) < 4.78 is 0. The quantitative estimate of drug-likeness (QED) is 0.726. The molecule has 2 aliphatic rings. The van der Waals surface area contributed by atoms with Gasteiger partial charge in [-0.15, -0.1) is 0 Å². The second-order valence-corrected chi connectivity index (χ2v) is 8.71. The molecule has 2 fully saturated rings. The van der Waals surface area contributed by atoms with Gasteiger partial charge < -0.3 is 19.5 Å². The summed E-state index contributed by atoms with van der Waals surface area (Å²) in [5.74, 6) is 0.0861. The zero-order valence-corrected chi connectivity index (χ0v) is 18.2. The Labute approximate surface area is 179 Å². The largest absolute Gasteiger partial charge is 0.368 e. The van der Waals surface area contributed by atoms with Gasteiger partial charge in [0.15, 0.2) is 0 Å². The maximum absolute atomic E-state index is 13.0. The second kappa shape index (κ2) is 8.50. The fourth-order valence-corrected chi connectivity index (χ4v) is 4.86. The number of carbonyl (C=O) groups excluding carboxylic acids is 2. The molecule has 0 aromatic heterocycles. The number of anilines is 2. The number of rotatable bonds is 4. The molecule has 1 amide bonds. The second-order valence-electron chi connectivity index (χ2n) is 8.71. The van der Waals surface area contributed by atoms with Crippen LogP contribution in [-0.4, -0.2) is 55.4 Å². The van der Waals surface area contributed by atoms with Crippen LogP contribution in [0.3, 0.4) is 0 Å². The van der Waals surface area contributed by atoms with E-state index in [1.807, 2.05) is 29.2 Å². The monoisotopic (exact) mass is 405 g/mol. The fraction of sp³-hybridized carbons (Fsp3) is 0.440. The van der Waals surface area contributed by atoms with Gasteiger partial charge in [0.1, 0.15) is 6.29 Å². The average molecular weight is 406 g/mol. The fourth-order valence-electron chi connectivity index (χ4n) is 4.86. The Balaban J connectivity index is 1.40. The minimum atomic E-state index is -0.0557. The van der Waals surface area contributed by atoms with Crippen molar-refractivity contribution < 1.29 is 9.59 Å². The van der Waals surface area contributed by atoms with Gasteiger partial charge in [0.2, 0.25) is 0 Å². The highest BCUT2D eigenvalue weighted by molar-refractivity contribution is 5.94. The molecule has 30 heavy (non-hydrogen) atoms. The summed E-state index contributed by atoms with van der Waals surface area (Å²) >= 11 is 0. The average Bonchev–Trinajstić information content (AvgIpc) is 3.13. The lowest BCUT2D eigenvalue weighted by Gasteiger charge is -2.36. The first kappa shape index (κ1) is 20.5. The molecule has 0 radical (unpaired) electrons. The van der Waals surface area contributed by atoms with E-state index in [1.165, 1.54) is 16.8 Å². The van der Waals surface area contributed by atoms with Crippen molar-refractivity contribution in [2.45, 2.75) is 45.7 Å². The highest BCUT2D eigenvalue weighted by Crippen LogP contribution is 2.30. The number of piperazine rings is 1. The topological polar surface area (TPSA) is 43.9 Å². The summed E-state index contributed by atoms with van der Waals surface area (Å²) in [6.45, 7) is 9.55. The lowest BCUT2D eigenvalue weighted by Crippen LogP contribution is -2.48. The Morgan fingerprint density at radius 1 is 0.900 bits per heavy atom. The molecule has 2 heterocycles. The SMILES string of the molecule is Cc1cc(C)cc(N2CCN(C(=O)c3ccc(N4C(C)CCC4C=O)cc3)CC2)c1. The van der Waals surface area contributed by atoms with E-state index in [0.29, 0.717) is 11.6 Å². The van der Waals surface area contributed by atoms with Crippen molar-refractivity contribution in [1.29, 1.82) is 0 Å². The molecule has 2 aromatic rings. The van der Waals surface area contributed by atoms with Crippen molar-refractivity contribution in [1.82, 2.24) is 4.90 Å². The molecular formula is C25H31N3O2. The summed E-state index contributed by atoms with van der Waals surface area (Å²) in [4.78, 5) is 30.9. The lowest BCUT2D eigenvalue weighted by atomic mass is 10.1. The van der Waals surface area contributed by atoms with Gasteiger partial charge in [0.25, 0.3) is 5.91 Å². The minimum absolute atomic E-state index is 0.0557. The molecule has 2 aromatic carbocycles. The van der Waals surface area contributed by atoms with Gasteiger partial charge in [0, 0.05) is 49.2 Å². The first-order valence-corrected chi connectivity index (χ1v) is 10.9. The van der Waals surface area contributed by atoms with Gasteiger partial charge in [0.05, 0.1) is 6.04 Å². The van der Waals surface area contributed by atoms with Crippen LogP contribution in [0.5, 0.6) is 0 Å². The zero-order chi connectivity index (χ0) is 21.3. The first-order chi connectivity index (χ1) is 14.5. The summed E-state index contributed by atoms with van der Waals surface area (Å²) in [5, 5.41) is 0. The molecule has 5 heteroatoms. The van der Waals surface area contributed by atoms with Gasteiger partial charge in [-0.05, 0) is 81.1 Å². The summed E-state index contributed by atoms with van der Waals surface area (Å²) in [6, 6.07) is 14.7. The van der Waals surface area contributed by atoms with Crippen molar-refractivity contribution in [3.8, 4) is 0 Å². The molecule has 4 rings (SSSR count). The van der Waals surface area contributed by atoms with E-state index in [4.69, 9.17) is 0 Å². The molecule has 0 saturated carbocycles. The van der Waals surface area contributed by atoms with Crippen LogP contribution in [0.4, 0.5) is 11.4 Å². The van der Waals surface area contributed by atoms with Gasteiger partial charge in [-0.3, -0.25) is 4.79 Å².